The topological polar surface area (TPSA) is 0 Å². The minimum Gasteiger partial charge on any atom is -0.126 e. The van der Waals surface area contributed by atoms with E-state index in [2.05, 4.69) is 13.1 Å². The number of hydrogen-bond donors (Lipinski definition) is 0. The van der Waals surface area contributed by atoms with Crippen LogP contribution in [0.15, 0.2) is 0 Å². The van der Waals surface area contributed by atoms with Crippen LogP contribution >= 0.6 is 33.2 Å². The molecule has 0 amide bonds. The summed E-state index contributed by atoms with van der Waals surface area (Å²) in [6, 6.07) is -0.250. The Morgan fingerprint density at radius 1 is 1.22 bits per heavy atom. The minimum atomic E-state index is -2.27. The lowest BCUT2D eigenvalue weighted by atomic mass is 10.9. The Labute approximate surface area is 73.2 Å². The molecule has 0 spiro atoms. The molecule has 9 heavy (non-hydrogen) atoms. The molecule has 0 aromatic carbocycles. The van der Waals surface area contributed by atoms with E-state index in [1.165, 1.54) is 6.04 Å². The van der Waals surface area contributed by atoms with Gasteiger partial charge < -0.3 is 0 Å². The van der Waals surface area contributed by atoms with Crippen molar-refractivity contribution < 1.29 is 0 Å². The van der Waals surface area contributed by atoms with Crippen LogP contribution in [0, 0.1) is 0 Å². The molecule has 0 N–H and O–H groups in total. The number of halogens is 3. The fraction of sp³-hybridized carbons (Fsp3) is 1.00. The SMILES string of the molecule is C[SiH](C)CC[Si](Cl)(Cl)Cl. The van der Waals surface area contributed by atoms with Gasteiger partial charge >= 0.3 is 6.00 Å². The standard InChI is InChI=1S/C4H11Cl3Si2/c1-8(2)3-4-9(5,6)7/h8H,3-4H2,1-2H3. The van der Waals surface area contributed by atoms with Crippen molar-refractivity contribution in [1.29, 1.82) is 0 Å². The van der Waals surface area contributed by atoms with Crippen LogP contribution in [-0.4, -0.2) is 14.8 Å². The molecule has 0 saturated heterocycles. The van der Waals surface area contributed by atoms with Gasteiger partial charge in [-0.1, -0.05) is 19.1 Å². The van der Waals surface area contributed by atoms with E-state index in [4.69, 9.17) is 33.2 Å². The summed E-state index contributed by atoms with van der Waals surface area (Å²) in [5.74, 6) is 0. The van der Waals surface area contributed by atoms with Crippen molar-refractivity contribution in [1.82, 2.24) is 0 Å². The third-order valence-corrected chi connectivity index (χ3v) is 5.58. The molecule has 0 radical (unpaired) electrons. The van der Waals surface area contributed by atoms with E-state index < -0.39 is 14.8 Å². The fourth-order valence-electron chi connectivity index (χ4n) is 0.452. The van der Waals surface area contributed by atoms with Gasteiger partial charge in [-0.3, -0.25) is 0 Å². The van der Waals surface area contributed by atoms with Crippen molar-refractivity contribution in [2.24, 2.45) is 0 Å². The van der Waals surface area contributed by atoms with Crippen molar-refractivity contribution in [3.8, 4) is 0 Å². The molecule has 0 aromatic rings. The Bertz CT molecular complexity index is 78.4. The van der Waals surface area contributed by atoms with Crippen molar-refractivity contribution in [2.45, 2.75) is 25.2 Å². The van der Waals surface area contributed by atoms with Gasteiger partial charge in [-0.15, -0.1) is 33.2 Å². The van der Waals surface area contributed by atoms with E-state index in [9.17, 15) is 0 Å². The van der Waals surface area contributed by atoms with Crippen LogP contribution in [0.25, 0.3) is 0 Å². The summed E-state index contributed by atoms with van der Waals surface area (Å²) in [6.45, 7) is 4.54. The van der Waals surface area contributed by atoms with Crippen molar-refractivity contribution in [3.63, 3.8) is 0 Å². The van der Waals surface area contributed by atoms with Gasteiger partial charge in [0.25, 0.3) is 0 Å². The monoisotopic (exact) mass is 220 g/mol. The Morgan fingerprint density at radius 3 is 1.78 bits per heavy atom. The molecule has 0 aliphatic carbocycles. The van der Waals surface area contributed by atoms with Gasteiger partial charge in [0, 0.05) is 8.80 Å². The zero-order valence-electron chi connectivity index (χ0n) is 5.63. The summed E-state index contributed by atoms with van der Waals surface area (Å²) in [7, 11) is -0.489. The van der Waals surface area contributed by atoms with Gasteiger partial charge in [0.05, 0.1) is 0 Å². The van der Waals surface area contributed by atoms with E-state index in [1.807, 2.05) is 0 Å². The van der Waals surface area contributed by atoms with Gasteiger partial charge in [0.15, 0.2) is 0 Å². The van der Waals surface area contributed by atoms with Crippen LogP contribution in [0.3, 0.4) is 0 Å². The van der Waals surface area contributed by atoms with Crippen molar-refractivity contribution >= 4 is 48.0 Å². The van der Waals surface area contributed by atoms with E-state index in [-0.39, 0.29) is 0 Å². The molecule has 0 rings (SSSR count). The number of hydrogen-bond acceptors (Lipinski definition) is 0. The zero-order chi connectivity index (χ0) is 7.49. The van der Waals surface area contributed by atoms with E-state index in [1.54, 1.807) is 0 Å². The lowest BCUT2D eigenvalue weighted by molar-refractivity contribution is 1.38. The smallest absolute Gasteiger partial charge is 0.126 e. The molecule has 56 valence electrons. The first-order valence-electron chi connectivity index (χ1n) is 2.98. The van der Waals surface area contributed by atoms with E-state index >= 15 is 0 Å². The van der Waals surface area contributed by atoms with Crippen LogP contribution in [0.4, 0.5) is 0 Å². The van der Waals surface area contributed by atoms with Gasteiger partial charge in [0.2, 0.25) is 0 Å². The predicted octanol–water partition coefficient (Wildman–Crippen LogP) is 3.13. The summed E-state index contributed by atoms with van der Waals surface area (Å²) >= 11 is 17.0. The molecule has 0 aliphatic rings. The molecular formula is C4H11Cl3Si2. The highest BCUT2D eigenvalue weighted by atomic mass is 35.8. The molecule has 0 bridgehead atoms. The van der Waals surface area contributed by atoms with Gasteiger partial charge in [-0.25, -0.2) is 0 Å². The number of rotatable bonds is 3. The minimum absolute atomic E-state index is 0.489. The molecule has 0 aliphatic heterocycles. The molecule has 0 unspecified atom stereocenters. The summed E-state index contributed by atoms with van der Waals surface area (Å²) in [4.78, 5) is 0. The lowest BCUT2D eigenvalue weighted by Crippen LogP contribution is -2.12. The van der Waals surface area contributed by atoms with Crippen molar-refractivity contribution in [2.75, 3.05) is 0 Å². The zero-order valence-corrected chi connectivity index (χ0v) is 10.0. The largest absolute Gasteiger partial charge is 0.341 e. The molecule has 0 atom stereocenters. The summed E-state index contributed by atoms with van der Waals surface area (Å²) in [5.41, 5.74) is 0. The summed E-state index contributed by atoms with van der Waals surface area (Å²) in [5, 5.41) is 0. The lowest BCUT2D eigenvalue weighted by Gasteiger charge is -2.07. The maximum Gasteiger partial charge on any atom is 0.341 e. The molecular weight excluding hydrogens is 211 g/mol. The van der Waals surface area contributed by atoms with Crippen molar-refractivity contribution in [3.05, 3.63) is 0 Å². The second-order valence-corrected chi connectivity index (χ2v) is 15.2. The Morgan fingerprint density at radius 2 is 1.67 bits per heavy atom. The quantitative estimate of drug-likeness (QED) is 0.508. The van der Waals surface area contributed by atoms with E-state index in [0.29, 0.717) is 0 Å². The summed E-state index contributed by atoms with van der Waals surface area (Å²) < 4.78 is 0. The van der Waals surface area contributed by atoms with Gasteiger partial charge in [-0.2, -0.15) is 0 Å². The second-order valence-electron chi connectivity index (χ2n) is 2.55. The third-order valence-electron chi connectivity index (χ3n) is 1.01. The van der Waals surface area contributed by atoms with Crippen LogP contribution in [0.1, 0.15) is 0 Å². The molecule has 0 nitrogen and oxygen atoms in total. The van der Waals surface area contributed by atoms with Crippen LogP contribution in [-0.2, 0) is 0 Å². The predicted molar refractivity (Wildman–Crippen MR) is 51.8 cm³/mol. The molecule has 0 saturated carbocycles. The Kier molecular flexibility index (Phi) is 4.85. The average molecular weight is 222 g/mol. The molecule has 0 aromatic heterocycles. The van der Waals surface area contributed by atoms with E-state index in [0.717, 1.165) is 6.04 Å². The Balaban J connectivity index is 3.28. The highest BCUT2D eigenvalue weighted by molar-refractivity contribution is 7.64. The molecule has 0 heterocycles. The molecule has 0 fully saturated rings. The van der Waals surface area contributed by atoms with Crippen LogP contribution in [0.2, 0.25) is 25.2 Å². The van der Waals surface area contributed by atoms with Crippen LogP contribution < -0.4 is 0 Å². The highest BCUT2D eigenvalue weighted by Crippen LogP contribution is 2.27. The van der Waals surface area contributed by atoms with Gasteiger partial charge in [0.1, 0.15) is 0 Å². The first kappa shape index (κ1) is 10.3. The van der Waals surface area contributed by atoms with Gasteiger partial charge in [-0.05, 0) is 6.04 Å². The molecule has 5 heteroatoms. The van der Waals surface area contributed by atoms with Crippen LogP contribution in [0.5, 0.6) is 0 Å². The second kappa shape index (κ2) is 4.24. The Hall–Kier alpha value is 1.30. The maximum atomic E-state index is 5.67. The fourth-order valence-corrected chi connectivity index (χ4v) is 7.02. The normalized spacial score (nSPS) is 12.7. The third kappa shape index (κ3) is 9.30. The first-order chi connectivity index (χ1) is 3.92. The maximum absolute atomic E-state index is 5.67. The first-order valence-corrected chi connectivity index (χ1v) is 11.4. The highest BCUT2D eigenvalue weighted by Gasteiger charge is 2.24. The average Bonchev–Trinajstić information content (AvgIpc) is 1.59. The summed E-state index contributed by atoms with van der Waals surface area (Å²) in [6.07, 6.45) is 0.